The van der Waals surface area contributed by atoms with Crippen molar-refractivity contribution in [2.45, 2.75) is 12.8 Å². The molecule has 6 N–H and O–H groups in total. The molecule has 7 heteroatoms. The van der Waals surface area contributed by atoms with Crippen molar-refractivity contribution in [2.24, 2.45) is 0 Å². The van der Waals surface area contributed by atoms with Crippen molar-refractivity contribution >= 4 is 46.0 Å². The summed E-state index contributed by atoms with van der Waals surface area (Å²) in [5, 5.41) is 7.99. The number of benzene rings is 2. The molecule has 0 unspecified atom stereocenters. The molecule has 0 amide bonds. The summed E-state index contributed by atoms with van der Waals surface area (Å²) in [6.07, 6.45) is 4.10. The zero-order valence-corrected chi connectivity index (χ0v) is 18.6. The Kier molecular flexibility index (Phi) is 8.96. The Labute approximate surface area is 184 Å². The van der Waals surface area contributed by atoms with Crippen molar-refractivity contribution in [3.8, 4) is 0 Å². The van der Waals surface area contributed by atoms with Crippen molar-refractivity contribution in [1.82, 2.24) is 0 Å². The van der Waals surface area contributed by atoms with E-state index in [4.69, 9.17) is 34.7 Å². The highest BCUT2D eigenvalue weighted by atomic mass is 35.5. The standard InChI is InChI=1S/C22H32Cl2N5/c1-3-12-29(2,13-4-10-27-17-6-8-21(25)19(23)15-17)14-5-11-28-18-7-9-22(26)20(24)16-18/h3,6-9,15-16,27-28H,1,4-5,10-14,25-26H2,2H3/q+1. The van der Waals surface area contributed by atoms with E-state index in [1.165, 1.54) is 0 Å². The van der Waals surface area contributed by atoms with Crippen LogP contribution in [0.4, 0.5) is 22.7 Å². The quantitative estimate of drug-likeness (QED) is 0.161. The Hall–Kier alpha value is -2.08. The molecule has 0 spiro atoms. The summed E-state index contributed by atoms with van der Waals surface area (Å²) >= 11 is 12.1. The smallest absolute Gasteiger partial charge is 0.0969 e. The van der Waals surface area contributed by atoms with Gasteiger partial charge < -0.3 is 26.6 Å². The molecule has 0 fully saturated rings. The van der Waals surface area contributed by atoms with Gasteiger partial charge in [-0.25, -0.2) is 0 Å². The number of quaternary nitrogens is 1. The highest BCUT2D eigenvalue weighted by Crippen LogP contribution is 2.23. The Bertz CT molecular complexity index is 750. The van der Waals surface area contributed by atoms with Crippen molar-refractivity contribution in [3.05, 3.63) is 59.1 Å². The maximum absolute atomic E-state index is 6.07. The highest BCUT2D eigenvalue weighted by molar-refractivity contribution is 6.33. The van der Waals surface area contributed by atoms with Crippen molar-refractivity contribution in [2.75, 3.05) is 61.9 Å². The summed E-state index contributed by atoms with van der Waals surface area (Å²) in [7, 11) is 2.28. The first-order valence-corrected chi connectivity index (χ1v) is 10.6. The number of likely N-dealkylation sites (N-methyl/N-ethyl adjacent to an activating group) is 1. The van der Waals surface area contributed by atoms with Gasteiger partial charge in [0.1, 0.15) is 0 Å². The van der Waals surface area contributed by atoms with E-state index in [1.807, 2.05) is 42.5 Å². The van der Waals surface area contributed by atoms with E-state index >= 15 is 0 Å². The van der Waals surface area contributed by atoms with E-state index in [0.717, 1.165) is 61.4 Å². The molecule has 29 heavy (non-hydrogen) atoms. The molecule has 0 saturated heterocycles. The molecule has 158 valence electrons. The monoisotopic (exact) mass is 436 g/mol. The summed E-state index contributed by atoms with van der Waals surface area (Å²) in [5.41, 5.74) is 14.7. The minimum Gasteiger partial charge on any atom is -0.398 e. The Morgan fingerprint density at radius 3 is 1.72 bits per heavy atom. The summed E-state index contributed by atoms with van der Waals surface area (Å²) in [6.45, 7) is 8.77. The first-order chi connectivity index (χ1) is 13.8. The maximum Gasteiger partial charge on any atom is 0.0969 e. The third kappa shape index (κ3) is 7.69. The fourth-order valence-electron chi connectivity index (χ4n) is 3.27. The first kappa shape index (κ1) is 23.2. The predicted molar refractivity (Wildman–Crippen MR) is 129 cm³/mol. The number of hydrogen-bond donors (Lipinski definition) is 4. The molecule has 0 aromatic heterocycles. The van der Waals surface area contributed by atoms with Crippen LogP contribution < -0.4 is 22.1 Å². The average Bonchev–Trinajstić information content (AvgIpc) is 2.68. The molecule has 2 aromatic rings. The number of nitrogen functional groups attached to an aromatic ring is 2. The van der Waals surface area contributed by atoms with Gasteiger partial charge in [-0.15, -0.1) is 0 Å². The van der Waals surface area contributed by atoms with Crippen LogP contribution in [-0.2, 0) is 0 Å². The van der Waals surface area contributed by atoms with Crippen LogP contribution in [0.3, 0.4) is 0 Å². The number of nitrogens with zero attached hydrogens (tertiary/aromatic N) is 1. The van der Waals surface area contributed by atoms with Gasteiger partial charge in [0.25, 0.3) is 0 Å². The van der Waals surface area contributed by atoms with Crippen molar-refractivity contribution in [1.29, 1.82) is 0 Å². The van der Waals surface area contributed by atoms with Gasteiger partial charge in [-0.05, 0) is 42.5 Å². The van der Waals surface area contributed by atoms with E-state index in [9.17, 15) is 0 Å². The second kappa shape index (κ2) is 11.2. The minimum atomic E-state index is 0.581. The van der Waals surface area contributed by atoms with Crippen LogP contribution in [0.25, 0.3) is 0 Å². The molecule has 0 aliphatic heterocycles. The third-order valence-electron chi connectivity index (χ3n) is 4.98. The Balaban J connectivity index is 1.74. The van der Waals surface area contributed by atoms with Gasteiger partial charge in [0, 0.05) is 37.3 Å². The third-order valence-corrected chi connectivity index (χ3v) is 5.63. The Morgan fingerprint density at radius 1 is 0.897 bits per heavy atom. The van der Waals surface area contributed by atoms with Crippen LogP contribution >= 0.6 is 23.2 Å². The molecule has 0 bridgehead atoms. The van der Waals surface area contributed by atoms with Crippen LogP contribution in [-0.4, -0.2) is 44.3 Å². The van der Waals surface area contributed by atoms with E-state index < -0.39 is 0 Å². The molecular weight excluding hydrogens is 405 g/mol. The van der Waals surface area contributed by atoms with Crippen LogP contribution in [0.5, 0.6) is 0 Å². The lowest BCUT2D eigenvalue weighted by molar-refractivity contribution is -0.904. The number of nitrogens with two attached hydrogens (primary N) is 2. The molecule has 5 nitrogen and oxygen atoms in total. The van der Waals surface area contributed by atoms with Gasteiger partial charge in [-0.2, -0.15) is 0 Å². The molecule has 2 rings (SSSR count). The van der Waals surface area contributed by atoms with Crippen LogP contribution in [0.15, 0.2) is 49.1 Å². The largest absolute Gasteiger partial charge is 0.398 e. The first-order valence-electron chi connectivity index (χ1n) is 9.85. The van der Waals surface area contributed by atoms with Crippen LogP contribution in [0.1, 0.15) is 12.8 Å². The van der Waals surface area contributed by atoms with Crippen LogP contribution in [0.2, 0.25) is 10.0 Å². The van der Waals surface area contributed by atoms with Gasteiger partial charge in [-0.3, -0.25) is 0 Å². The second-order valence-electron chi connectivity index (χ2n) is 7.57. The Morgan fingerprint density at radius 2 is 1.34 bits per heavy atom. The number of rotatable bonds is 12. The zero-order chi connectivity index (χ0) is 21.3. The number of nitrogens with one attached hydrogen (secondary N) is 2. The minimum absolute atomic E-state index is 0.581. The fraction of sp³-hybridized carbons (Fsp3) is 0.364. The zero-order valence-electron chi connectivity index (χ0n) is 17.1. The molecule has 0 aliphatic carbocycles. The average molecular weight is 437 g/mol. The normalized spacial score (nSPS) is 11.3. The van der Waals surface area contributed by atoms with Crippen molar-refractivity contribution in [3.63, 3.8) is 0 Å². The summed E-state index contributed by atoms with van der Waals surface area (Å²) < 4.78 is 0.956. The maximum atomic E-state index is 6.07. The lowest BCUT2D eigenvalue weighted by Crippen LogP contribution is -2.46. The summed E-state index contributed by atoms with van der Waals surface area (Å²) in [4.78, 5) is 0. The molecule has 0 radical (unpaired) electrons. The summed E-state index contributed by atoms with van der Waals surface area (Å²) in [6, 6.07) is 11.3. The predicted octanol–water partition coefficient (Wildman–Crippen LogP) is 5.09. The number of hydrogen-bond acceptors (Lipinski definition) is 4. The molecule has 2 aromatic carbocycles. The van der Waals surface area contributed by atoms with Crippen LogP contribution in [0, 0.1) is 0 Å². The molecule has 0 aliphatic rings. The highest BCUT2D eigenvalue weighted by Gasteiger charge is 2.18. The van der Waals surface area contributed by atoms with Gasteiger partial charge in [-0.1, -0.05) is 29.8 Å². The van der Waals surface area contributed by atoms with Gasteiger partial charge >= 0.3 is 0 Å². The molecular formula is C22H32Cl2N5+. The van der Waals surface area contributed by atoms with E-state index in [2.05, 4.69) is 24.3 Å². The topological polar surface area (TPSA) is 76.1 Å². The summed E-state index contributed by atoms with van der Waals surface area (Å²) in [5.74, 6) is 0. The van der Waals surface area contributed by atoms with Gasteiger partial charge in [0.15, 0.2) is 0 Å². The second-order valence-corrected chi connectivity index (χ2v) is 8.39. The van der Waals surface area contributed by atoms with Crippen molar-refractivity contribution < 1.29 is 4.48 Å². The van der Waals surface area contributed by atoms with E-state index in [0.29, 0.717) is 21.4 Å². The fourth-order valence-corrected chi connectivity index (χ4v) is 3.63. The number of anilines is 4. The number of halogens is 2. The lowest BCUT2D eigenvalue weighted by atomic mass is 10.2. The molecule has 0 heterocycles. The van der Waals surface area contributed by atoms with E-state index in [1.54, 1.807) is 0 Å². The van der Waals surface area contributed by atoms with E-state index in [-0.39, 0.29) is 0 Å². The molecule has 0 atom stereocenters. The molecule has 0 saturated carbocycles. The SMILES string of the molecule is C=CC[N+](C)(CCCNc1ccc(N)c(Cl)c1)CCCNc1ccc(N)c(Cl)c1. The van der Waals surface area contributed by atoms with Gasteiger partial charge in [0.2, 0.25) is 0 Å². The van der Waals surface area contributed by atoms with Gasteiger partial charge in [0.05, 0.1) is 48.1 Å². The lowest BCUT2D eigenvalue weighted by Gasteiger charge is -2.34.